The molecule has 2 aromatic rings. The molecule has 9 heteroatoms. The number of hydrogen-bond acceptors (Lipinski definition) is 4. The van der Waals surface area contributed by atoms with Crippen LogP contribution in [0.3, 0.4) is 0 Å². The van der Waals surface area contributed by atoms with E-state index in [1.54, 1.807) is 0 Å². The number of nitrogens with one attached hydrogen (secondary N) is 2. The lowest BCUT2D eigenvalue weighted by molar-refractivity contribution is -0.126. The molecular formula is C20H28N4O4S. The smallest absolute Gasteiger partial charge is 0.282 e. The van der Waals surface area contributed by atoms with Gasteiger partial charge in [0.05, 0.1) is 19.1 Å². The summed E-state index contributed by atoms with van der Waals surface area (Å²) in [5.41, 5.74) is 2.26. The van der Waals surface area contributed by atoms with Crippen molar-refractivity contribution in [1.82, 2.24) is 18.9 Å². The van der Waals surface area contributed by atoms with Gasteiger partial charge in [0.25, 0.3) is 10.2 Å². The molecule has 0 radical (unpaired) electrons. The molecule has 2 N–H and O–H groups in total. The second kappa shape index (κ2) is 8.83. The number of amides is 1. The lowest BCUT2D eigenvalue weighted by Crippen LogP contribution is -2.53. The first-order valence-electron chi connectivity index (χ1n) is 10.2. The van der Waals surface area contributed by atoms with Crippen LogP contribution in [0.25, 0.3) is 10.9 Å². The molecule has 2 aliphatic heterocycles. The maximum absolute atomic E-state index is 12.9. The predicted molar refractivity (Wildman–Crippen MR) is 111 cm³/mol. The number of aromatic nitrogens is 1. The van der Waals surface area contributed by atoms with Crippen LogP contribution in [0.2, 0.25) is 0 Å². The number of carbonyl (C=O) groups is 1. The number of hydrogen-bond donors (Lipinski definition) is 2. The number of benzene rings is 1. The summed E-state index contributed by atoms with van der Waals surface area (Å²) in [6.07, 6.45) is 4.13. The van der Waals surface area contributed by atoms with Gasteiger partial charge in [-0.15, -0.1) is 0 Å². The van der Waals surface area contributed by atoms with E-state index in [2.05, 4.69) is 16.4 Å². The highest BCUT2D eigenvalue weighted by molar-refractivity contribution is 7.86. The van der Waals surface area contributed by atoms with Crippen LogP contribution in [0.4, 0.5) is 0 Å². The fourth-order valence-corrected chi connectivity index (χ4v) is 5.78. The molecule has 1 aromatic carbocycles. The average molecular weight is 421 g/mol. The number of morpholine rings is 1. The van der Waals surface area contributed by atoms with Gasteiger partial charge in [-0.05, 0) is 30.9 Å². The Morgan fingerprint density at radius 3 is 2.79 bits per heavy atom. The molecule has 2 aliphatic rings. The molecule has 3 heterocycles. The highest BCUT2D eigenvalue weighted by Crippen LogP contribution is 2.22. The normalized spacial score (nSPS) is 22.0. The lowest BCUT2D eigenvalue weighted by Gasteiger charge is -2.36. The molecule has 0 spiro atoms. The van der Waals surface area contributed by atoms with E-state index < -0.39 is 10.2 Å². The molecule has 29 heavy (non-hydrogen) atoms. The fourth-order valence-electron chi connectivity index (χ4n) is 4.11. The number of nitrogens with zero attached hydrogens (tertiary/aromatic N) is 2. The molecular weight excluding hydrogens is 392 g/mol. The minimum absolute atomic E-state index is 0.0632. The standard InChI is InChI=1S/C20H28N4O4S/c25-20(21-8-7-16-14-22-19-6-2-1-5-18(16)19)17-4-3-9-24(15-17)29(26,27)23-10-12-28-13-11-23/h1-2,5-6,14,17,22H,3-4,7-13,15H2,(H,21,25). The van der Waals surface area contributed by atoms with Gasteiger partial charge in [0.15, 0.2) is 0 Å². The van der Waals surface area contributed by atoms with Crippen molar-refractivity contribution in [1.29, 1.82) is 0 Å². The Kier molecular flexibility index (Phi) is 6.19. The number of H-pyrrole nitrogens is 1. The molecule has 1 atom stereocenters. The summed E-state index contributed by atoms with van der Waals surface area (Å²) in [6, 6.07) is 8.09. The Labute approximate surface area is 171 Å². The molecule has 0 bridgehead atoms. The number of rotatable bonds is 6. The monoisotopic (exact) mass is 420 g/mol. The van der Waals surface area contributed by atoms with Crippen LogP contribution in [0.1, 0.15) is 18.4 Å². The van der Waals surface area contributed by atoms with Crippen LogP contribution in [-0.2, 0) is 26.2 Å². The van der Waals surface area contributed by atoms with Crippen molar-refractivity contribution < 1.29 is 17.9 Å². The summed E-state index contributed by atoms with van der Waals surface area (Å²) in [7, 11) is -3.53. The van der Waals surface area contributed by atoms with Gasteiger partial charge >= 0.3 is 0 Å². The van der Waals surface area contributed by atoms with Crippen LogP contribution in [0, 0.1) is 5.92 Å². The van der Waals surface area contributed by atoms with E-state index in [0.29, 0.717) is 52.2 Å². The van der Waals surface area contributed by atoms with Crippen LogP contribution in [0.15, 0.2) is 30.5 Å². The first-order valence-corrected chi connectivity index (χ1v) is 11.6. The van der Waals surface area contributed by atoms with Gasteiger partial charge in [0.2, 0.25) is 5.91 Å². The number of para-hydroxylation sites is 1. The van der Waals surface area contributed by atoms with Crippen molar-refractivity contribution in [2.75, 3.05) is 45.9 Å². The third-order valence-electron chi connectivity index (χ3n) is 5.75. The van der Waals surface area contributed by atoms with Crippen molar-refractivity contribution in [3.05, 3.63) is 36.0 Å². The largest absolute Gasteiger partial charge is 0.379 e. The number of ether oxygens (including phenoxy) is 1. The van der Waals surface area contributed by atoms with E-state index in [9.17, 15) is 13.2 Å². The zero-order valence-corrected chi connectivity index (χ0v) is 17.3. The number of carbonyl (C=O) groups excluding carboxylic acids is 1. The van der Waals surface area contributed by atoms with Gasteiger partial charge in [-0.1, -0.05) is 18.2 Å². The Hall–Kier alpha value is -1.94. The quantitative estimate of drug-likeness (QED) is 0.732. The molecule has 4 rings (SSSR count). The van der Waals surface area contributed by atoms with Crippen molar-refractivity contribution in [2.45, 2.75) is 19.3 Å². The van der Waals surface area contributed by atoms with Gasteiger partial charge in [0, 0.05) is 49.8 Å². The third-order valence-corrected chi connectivity index (χ3v) is 7.75. The minimum atomic E-state index is -3.53. The van der Waals surface area contributed by atoms with Gasteiger partial charge in [-0.3, -0.25) is 4.79 Å². The predicted octanol–water partition coefficient (Wildman–Crippen LogP) is 1.12. The molecule has 1 amide bonds. The van der Waals surface area contributed by atoms with Crippen LogP contribution < -0.4 is 5.32 Å². The Morgan fingerprint density at radius 2 is 1.97 bits per heavy atom. The van der Waals surface area contributed by atoms with Crippen LogP contribution in [-0.4, -0.2) is 73.9 Å². The molecule has 0 saturated carbocycles. The average Bonchev–Trinajstić information content (AvgIpc) is 3.17. The summed E-state index contributed by atoms with van der Waals surface area (Å²) in [5, 5.41) is 4.17. The zero-order valence-electron chi connectivity index (χ0n) is 16.5. The van der Waals surface area contributed by atoms with E-state index >= 15 is 0 Å². The van der Waals surface area contributed by atoms with E-state index in [1.165, 1.54) is 19.6 Å². The fraction of sp³-hybridized carbons (Fsp3) is 0.550. The van der Waals surface area contributed by atoms with Crippen LogP contribution in [0.5, 0.6) is 0 Å². The van der Waals surface area contributed by atoms with Gasteiger partial charge in [0.1, 0.15) is 0 Å². The molecule has 1 unspecified atom stereocenters. The molecule has 1 aromatic heterocycles. The topological polar surface area (TPSA) is 94.7 Å². The van der Waals surface area contributed by atoms with Crippen molar-refractivity contribution >= 4 is 27.0 Å². The first-order chi connectivity index (χ1) is 14.1. The Morgan fingerprint density at radius 1 is 1.17 bits per heavy atom. The molecule has 2 saturated heterocycles. The van der Waals surface area contributed by atoms with Gasteiger partial charge < -0.3 is 15.0 Å². The second-order valence-corrected chi connectivity index (χ2v) is 9.55. The Bertz CT molecular complexity index is 952. The summed E-state index contributed by atoms with van der Waals surface area (Å²) >= 11 is 0. The van der Waals surface area contributed by atoms with Crippen molar-refractivity contribution in [3.8, 4) is 0 Å². The highest BCUT2D eigenvalue weighted by Gasteiger charge is 2.36. The number of piperidine rings is 1. The first kappa shape index (κ1) is 20.3. The molecule has 0 aliphatic carbocycles. The van der Waals surface area contributed by atoms with E-state index in [0.717, 1.165) is 11.9 Å². The lowest BCUT2D eigenvalue weighted by atomic mass is 9.99. The van der Waals surface area contributed by atoms with Crippen molar-refractivity contribution in [3.63, 3.8) is 0 Å². The minimum Gasteiger partial charge on any atom is -0.379 e. The third kappa shape index (κ3) is 4.48. The maximum atomic E-state index is 12.9. The maximum Gasteiger partial charge on any atom is 0.282 e. The van der Waals surface area contributed by atoms with Gasteiger partial charge in [-0.2, -0.15) is 17.0 Å². The Balaban J connectivity index is 1.31. The van der Waals surface area contributed by atoms with E-state index in [4.69, 9.17) is 4.74 Å². The number of aromatic amines is 1. The summed E-state index contributed by atoms with van der Waals surface area (Å²) in [4.78, 5) is 15.9. The molecule has 2 fully saturated rings. The van der Waals surface area contributed by atoms with Gasteiger partial charge in [-0.25, -0.2) is 0 Å². The number of fused-ring (bicyclic) bond motifs is 1. The summed E-state index contributed by atoms with van der Waals surface area (Å²) in [6.45, 7) is 2.85. The van der Waals surface area contributed by atoms with Crippen molar-refractivity contribution in [2.24, 2.45) is 5.92 Å². The van der Waals surface area contributed by atoms with E-state index in [-0.39, 0.29) is 18.4 Å². The summed E-state index contributed by atoms with van der Waals surface area (Å²) in [5.74, 6) is -0.366. The second-order valence-electron chi connectivity index (χ2n) is 7.62. The molecule has 8 nitrogen and oxygen atoms in total. The van der Waals surface area contributed by atoms with Crippen LogP contribution >= 0.6 is 0 Å². The molecule has 158 valence electrons. The zero-order chi connectivity index (χ0) is 20.3. The summed E-state index contributed by atoms with van der Waals surface area (Å²) < 4.78 is 33.9. The van der Waals surface area contributed by atoms with E-state index in [1.807, 2.05) is 24.4 Å². The SMILES string of the molecule is O=C(NCCc1c[nH]c2ccccc12)C1CCCN(S(=O)(=O)N2CCOCC2)C1. The highest BCUT2D eigenvalue weighted by atomic mass is 32.2.